The first-order valence-corrected chi connectivity index (χ1v) is 11.0. The Balaban J connectivity index is 1.50. The first kappa shape index (κ1) is 20.6. The molecule has 1 saturated heterocycles. The van der Waals surface area contributed by atoms with Crippen molar-refractivity contribution >= 4 is 17.7 Å². The molecule has 4 atom stereocenters. The number of allylic oxidation sites excluding steroid dienone is 1. The van der Waals surface area contributed by atoms with Crippen molar-refractivity contribution in [3.05, 3.63) is 29.7 Å². The van der Waals surface area contributed by atoms with E-state index in [0.29, 0.717) is 30.9 Å². The van der Waals surface area contributed by atoms with E-state index in [0.717, 1.165) is 38.5 Å². The van der Waals surface area contributed by atoms with Gasteiger partial charge in [0.15, 0.2) is 5.69 Å². The summed E-state index contributed by atoms with van der Waals surface area (Å²) in [5.74, 6) is -0.250. The lowest BCUT2D eigenvalue weighted by molar-refractivity contribution is -0.140. The van der Waals surface area contributed by atoms with Crippen LogP contribution >= 0.6 is 0 Å². The average molecular weight is 415 g/mol. The van der Waals surface area contributed by atoms with E-state index in [1.54, 1.807) is 11.8 Å². The van der Waals surface area contributed by atoms with Gasteiger partial charge in [0, 0.05) is 18.2 Å². The molecule has 3 amide bonds. The number of hydrogen-bond acceptors (Lipinski definition) is 5. The van der Waals surface area contributed by atoms with Crippen LogP contribution in [0.1, 0.15) is 67.4 Å². The Morgan fingerprint density at radius 3 is 2.90 bits per heavy atom. The van der Waals surface area contributed by atoms with Crippen LogP contribution in [0.2, 0.25) is 0 Å². The molecule has 3 aliphatic rings. The van der Waals surface area contributed by atoms with Crippen molar-refractivity contribution in [1.29, 1.82) is 0 Å². The standard InChI is InChI=1S/C22H30N4O4/c1-14-13-30-25-19(14)21(28)23-16-9-6-4-2-3-5-8-15-12-17(15)24-20(27)18-10-7-11-26(18)22(16)29/h5,8,13,15-18H,2-4,6-7,9-12H2,1H3,(H,23,28)(H,24,27)/b8-5-/t15-,16+,17?,18?/m1/s1. The maximum absolute atomic E-state index is 13.4. The molecule has 2 aliphatic heterocycles. The van der Waals surface area contributed by atoms with Crippen molar-refractivity contribution in [3.8, 4) is 0 Å². The molecule has 0 spiro atoms. The molecule has 8 nitrogen and oxygen atoms in total. The predicted molar refractivity (Wildman–Crippen MR) is 109 cm³/mol. The molecule has 2 fully saturated rings. The molecule has 1 aliphatic carbocycles. The van der Waals surface area contributed by atoms with Gasteiger partial charge in [0.2, 0.25) is 11.8 Å². The summed E-state index contributed by atoms with van der Waals surface area (Å²) < 4.78 is 4.86. The predicted octanol–water partition coefficient (Wildman–Crippen LogP) is 2.10. The van der Waals surface area contributed by atoms with Gasteiger partial charge in [-0.2, -0.15) is 0 Å². The Kier molecular flexibility index (Phi) is 6.20. The van der Waals surface area contributed by atoms with Gasteiger partial charge in [0.1, 0.15) is 18.3 Å². The van der Waals surface area contributed by atoms with Crippen molar-refractivity contribution in [2.75, 3.05) is 6.54 Å². The minimum atomic E-state index is -0.670. The second-order valence-corrected chi connectivity index (χ2v) is 8.64. The van der Waals surface area contributed by atoms with E-state index in [1.165, 1.54) is 6.26 Å². The van der Waals surface area contributed by atoms with Gasteiger partial charge < -0.3 is 20.1 Å². The van der Waals surface area contributed by atoms with Gasteiger partial charge in [-0.25, -0.2) is 0 Å². The van der Waals surface area contributed by atoms with Crippen LogP contribution in [0.5, 0.6) is 0 Å². The molecule has 8 heteroatoms. The second-order valence-electron chi connectivity index (χ2n) is 8.64. The topological polar surface area (TPSA) is 105 Å². The summed E-state index contributed by atoms with van der Waals surface area (Å²) in [7, 11) is 0. The van der Waals surface area contributed by atoms with Crippen molar-refractivity contribution in [2.45, 2.75) is 76.4 Å². The molecule has 4 rings (SSSR count). The monoisotopic (exact) mass is 414 g/mol. The number of amides is 3. The lowest BCUT2D eigenvalue weighted by atomic mass is 10.0. The van der Waals surface area contributed by atoms with Crippen LogP contribution in [-0.2, 0) is 9.59 Å². The van der Waals surface area contributed by atoms with Crippen LogP contribution in [0.15, 0.2) is 22.9 Å². The largest absolute Gasteiger partial charge is 0.364 e. The zero-order valence-electron chi connectivity index (χ0n) is 17.4. The van der Waals surface area contributed by atoms with Crippen molar-refractivity contribution in [3.63, 3.8) is 0 Å². The first-order chi connectivity index (χ1) is 14.5. The Morgan fingerprint density at radius 2 is 2.10 bits per heavy atom. The summed E-state index contributed by atoms with van der Waals surface area (Å²) in [5.41, 5.74) is 0.820. The summed E-state index contributed by atoms with van der Waals surface area (Å²) in [4.78, 5) is 40.5. The zero-order valence-corrected chi connectivity index (χ0v) is 17.4. The number of carbonyl (C=O) groups is 3. The molecule has 2 unspecified atom stereocenters. The number of carbonyl (C=O) groups excluding carboxylic acids is 3. The van der Waals surface area contributed by atoms with Crippen LogP contribution in [-0.4, -0.2) is 52.4 Å². The Bertz CT molecular complexity index is 833. The third kappa shape index (κ3) is 4.57. The van der Waals surface area contributed by atoms with E-state index in [-0.39, 0.29) is 23.6 Å². The van der Waals surface area contributed by atoms with Gasteiger partial charge in [-0.05, 0) is 51.4 Å². The number of rotatable bonds is 2. The van der Waals surface area contributed by atoms with Crippen molar-refractivity contribution in [1.82, 2.24) is 20.7 Å². The van der Waals surface area contributed by atoms with E-state index in [9.17, 15) is 14.4 Å². The van der Waals surface area contributed by atoms with Gasteiger partial charge in [0.25, 0.3) is 5.91 Å². The van der Waals surface area contributed by atoms with Crippen LogP contribution in [0.3, 0.4) is 0 Å². The van der Waals surface area contributed by atoms with E-state index in [4.69, 9.17) is 4.52 Å². The zero-order chi connectivity index (χ0) is 21.1. The number of hydrogen-bond donors (Lipinski definition) is 2. The van der Waals surface area contributed by atoms with Crippen molar-refractivity contribution < 1.29 is 18.9 Å². The summed E-state index contributed by atoms with van der Waals surface area (Å²) in [6.07, 6.45) is 12.7. The summed E-state index contributed by atoms with van der Waals surface area (Å²) in [6.45, 7) is 2.28. The van der Waals surface area contributed by atoms with Gasteiger partial charge in [-0.3, -0.25) is 14.4 Å². The molecular weight excluding hydrogens is 384 g/mol. The highest BCUT2D eigenvalue weighted by atomic mass is 16.5. The fourth-order valence-electron chi connectivity index (χ4n) is 4.42. The molecule has 0 aromatic carbocycles. The fourth-order valence-corrected chi connectivity index (χ4v) is 4.42. The molecule has 2 N–H and O–H groups in total. The SMILES string of the molecule is Cc1conc1C(=O)N[C@H]1CCCCC/C=C\[C@@H]2CC2NC(=O)C2CCCN2C1=O. The Hall–Kier alpha value is -2.64. The van der Waals surface area contributed by atoms with Gasteiger partial charge >= 0.3 is 0 Å². The summed E-state index contributed by atoms with van der Waals surface area (Å²) in [5, 5.41) is 9.71. The third-order valence-corrected chi connectivity index (χ3v) is 6.32. The van der Waals surface area contributed by atoms with Crippen LogP contribution in [0.25, 0.3) is 0 Å². The number of aromatic nitrogens is 1. The minimum absolute atomic E-state index is 0.0750. The molecule has 162 valence electrons. The molecule has 30 heavy (non-hydrogen) atoms. The first-order valence-electron chi connectivity index (χ1n) is 11.0. The normalized spacial score (nSPS) is 31.0. The maximum Gasteiger partial charge on any atom is 0.274 e. The highest BCUT2D eigenvalue weighted by molar-refractivity contribution is 5.98. The summed E-state index contributed by atoms with van der Waals surface area (Å²) in [6, 6.07) is -0.945. The number of fused-ring (bicyclic) bond motifs is 2. The molecule has 1 aromatic heterocycles. The fraction of sp³-hybridized carbons (Fsp3) is 0.636. The van der Waals surface area contributed by atoms with Gasteiger partial charge in [-0.1, -0.05) is 30.2 Å². The van der Waals surface area contributed by atoms with E-state index in [2.05, 4.69) is 27.9 Å². The summed E-state index contributed by atoms with van der Waals surface area (Å²) >= 11 is 0. The Morgan fingerprint density at radius 1 is 1.23 bits per heavy atom. The average Bonchev–Trinajstić information content (AvgIpc) is 3.09. The second kappa shape index (κ2) is 9.02. The van der Waals surface area contributed by atoms with Gasteiger partial charge in [-0.15, -0.1) is 0 Å². The molecular formula is C22H30N4O4. The molecule has 0 bridgehead atoms. The van der Waals surface area contributed by atoms with Crippen LogP contribution < -0.4 is 10.6 Å². The molecule has 3 heterocycles. The highest BCUT2D eigenvalue weighted by Gasteiger charge is 2.42. The highest BCUT2D eigenvalue weighted by Crippen LogP contribution is 2.33. The van der Waals surface area contributed by atoms with Crippen molar-refractivity contribution in [2.24, 2.45) is 5.92 Å². The number of aryl methyl sites for hydroxylation is 1. The van der Waals surface area contributed by atoms with Crippen LogP contribution in [0, 0.1) is 12.8 Å². The lowest BCUT2D eigenvalue weighted by Crippen LogP contribution is -2.53. The molecule has 1 aromatic rings. The van der Waals surface area contributed by atoms with E-state index in [1.807, 2.05) is 0 Å². The third-order valence-electron chi connectivity index (χ3n) is 6.32. The minimum Gasteiger partial charge on any atom is -0.364 e. The number of nitrogens with one attached hydrogen (secondary N) is 2. The van der Waals surface area contributed by atoms with Gasteiger partial charge in [0.05, 0.1) is 0 Å². The lowest BCUT2D eigenvalue weighted by Gasteiger charge is -2.28. The smallest absolute Gasteiger partial charge is 0.274 e. The Labute approximate surface area is 176 Å². The molecule has 1 saturated carbocycles. The van der Waals surface area contributed by atoms with E-state index >= 15 is 0 Å². The maximum atomic E-state index is 13.4. The quantitative estimate of drug-likeness (QED) is 0.721. The van der Waals surface area contributed by atoms with E-state index < -0.39 is 18.0 Å². The molecule has 0 radical (unpaired) electrons. The number of nitrogens with zero attached hydrogens (tertiary/aromatic N) is 2. The van der Waals surface area contributed by atoms with Crippen LogP contribution in [0.4, 0.5) is 0 Å².